The second-order valence-corrected chi connectivity index (χ2v) is 10.6. The van der Waals surface area contributed by atoms with Crippen molar-refractivity contribution in [1.29, 1.82) is 0 Å². The van der Waals surface area contributed by atoms with Crippen molar-refractivity contribution in [2.75, 3.05) is 0 Å². The maximum atomic E-state index is 14.2. The van der Waals surface area contributed by atoms with E-state index in [2.05, 4.69) is 15.2 Å². The molecule has 1 N–H and O–H groups in total. The minimum atomic E-state index is -4.79. The average molecular weight is 588 g/mol. The molecule has 1 atom stereocenters. The molecule has 0 saturated carbocycles. The van der Waals surface area contributed by atoms with E-state index in [0.717, 1.165) is 16.6 Å². The SMILES string of the molecule is CC(C)c1ccc(-c2cc(C(F)(F)F)n3nc(C(=O)N4N=C(c5ccc(F)cc5)C[C@H]4c4ccccc4O)cc3n2)cc1. The van der Waals surface area contributed by atoms with Gasteiger partial charge in [-0.05, 0) is 41.3 Å². The summed E-state index contributed by atoms with van der Waals surface area (Å²) in [5.74, 6) is -1.06. The lowest BCUT2D eigenvalue weighted by molar-refractivity contribution is -0.142. The zero-order chi connectivity index (χ0) is 30.5. The van der Waals surface area contributed by atoms with E-state index in [-0.39, 0.29) is 35.1 Å². The van der Waals surface area contributed by atoms with Crippen LogP contribution in [-0.2, 0) is 6.18 Å². The zero-order valence-electron chi connectivity index (χ0n) is 23.0. The van der Waals surface area contributed by atoms with Gasteiger partial charge in [0.15, 0.2) is 17.0 Å². The average Bonchev–Trinajstić information content (AvgIpc) is 3.61. The first-order valence-electron chi connectivity index (χ1n) is 13.5. The number of hydrazone groups is 1. The highest BCUT2D eigenvalue weighted by Crippen LogP contribution is 2.38. The van der Waals surface area contributed by atoms with E-state index >= 15 is 0 Å². The van der Waals surface area contributed by atoms with Gasteiger partial charge in [0.25, 0.3) is 5.91 Å². The van der Waals surface area contributed by atoms with Gasteiger partial charge in [-0.15, -0.1) is 0 Å². The van der Waals surface area contributed by atoms with Gasteiger partial charge in [-0.1, -0.05) is 68.4 Å². The normalized spacial score (nSPS) is 15.4. The molecule has 0 spiro atoms. The Morgan fingerprint density at radius 2 is 1.63 bits per heavy atom. The van der Waals surface area contributed by atoms with Crippen LogP contribution in [0.4, 0.5) is 17.6 Å². The number of hydrogen-bond acceptors (Lipinski definition) is 5. The molecule has 0 fully saturated rings. The van der Waals surface area contributed by atoms with Gasteiger partial charge in [0.2, 0.25) is 0 Å². The molecular weight excluding hydrogens is 562 g/mol. The van der Waals surface area contributed by atoms with E-state index in [1.54, 1.807) is 30.3 Å². The number of rotatable bonds is 5. The number of amides is 1. The van der Waals surface area contributed by atoms with Gasteiger partial charge in [0.1, 0.15) is 11.6 Å². The molecule has 0 radical (unpaired) electrons. The number of hydrogen-bond donors (Lipinski definition) is 1. The van der Waals surface area contributed by atoms with Gasteiger partial charge in [-0.2, -0.15) is 23.4 Å². The fourth-order valence-corrected chi connectivity index (χ4v) is 5.11. The number of nitrogens with zero attached hydrogens (tertiary/aromatic N) is 5. The van der Waals surface area contributed by atoms with Crippen molar-refractivity contribution in [3.05, 3.63) is 119 Å². The predicted molar refractivity (Wildman–Crippen MR) is 152 cm³/mol. The summed E-state index contributed by atoms with van der Waals surface area (Å²) in [5, 5.41) is 20.1. The Labute approximate surface area is 243 Å². The van der Waals surface area contributed by atoms with Gasteiger partial charge in [-0.25, -0.2) is 18.9 Å². The number of benzene rings is 3. The maximum absolute atomic E-state index is 14.2. The Morgan fingerprint density at radius 3 is 2.28 bits per heavy atom. The number of para-hydroxylation sites is 1. The quantitative estimate of drug-likeness (QED) is 0.218. The van der Waals surface area contributed by atoms with E-state index in [0.29, 0.717) is 26.9 Å². The van der Waals surface area contributed by atoms with Gasteiger partial charge in [0.05, 0.1) is 17.4 Å². The third kappa shape index (κ3) is 5.33. The van der Waals surface area contributed by atoms with Crippen LogP contribution in [0, 0.1) is 5.82 Å². The van der Waals surface area contributed by atoms with E-state index < -0.39 is 29.6 Å². The van der Waals surface area contributed by atoms with Crippen LogP contribution in [0.15, 0.2) is 90.0 Å². The highest BCUT2D eigenvalue weighted by atomic mass is 19.4. The molecule has 0 bridgehead atoms. The van der Waals surface area contributed by atoms with Crippen LogP contribution >= 0.6 is 0 Å². The van der Waals surface area contributed by atoms with E-state index in [1.165, 1.54) is 36.4 Å². The Bertz CT molecular complexity index is 1860. The summed E-state index contributed by atoms with van der Waals surface area (Å²) in [4.78, 5) is 18.3. The van der Waals surface area contributed by atoms with Gasteiger partial charge in [0, 0.05) is 23.6 Å². The number of carbonyl (C=O) groups excluding carboxylic acids is 1. The minimum absolute atomic E-state index is 0.0787. The molecule has 3 aromatic carbocycles. The lowest BCUT2D eigenvalue weighted by Crippen LogP contribution is -2.27. The third-order valence-corrected chi connectivity index (χ3v) is 7.40. The van der Waals surface area contributed by atoms with E-state index in [1.807, 2.05) is 26.0 Å². The zero-order valence-corrected chi connectivity index (χ0v) is 23.0. The molecule has 7 nitrogen and oxygen atoms in total. The molecule has 43 heavy (non-hydrogen) atoms. The summed E-state index contributed by atoms with van der Waals surface area (Å²) in [6.45, 7) is 4.03. The summed E-state index contributed by atoms with van der Waals surface area (Å²) < 4.78 is 56.9. The summed E-state index contributed by atoms with van der Waals surface area (Å²) in [6, 6.07) is 20.4. The Morgan fingerprint density at radius 1 is 0.953 bits per heavy atom. The van der Waals surface area contributed by atoms with Crippen LogP contribution in [0.1, 0.15) is 65.1 Å². The van der Waals surface area contributed by atoms with Gasteiger partial charge < -0.3 is 5.11 Å². The third-order valence-electron chi connectivity index (χ3n) is 7.40. The summed E-state index contributed by atoms with van der Waals surface area (Å²) >= 11 is 0. The highest BCUT2D eigenvalue weighted by molar-refractivity contribution is 6.05. The minimum Gasteiger partial charge on any atom is -0.508 e. The van der Waals surface area contributed by atoms with E-state index in [4.69, 9.17) is 0 Å². The lowest BCUT2D eigenvalue weighted by atomic mass is 9.97. The highest BCUT2D eigenvalue weighted by Gasteiger charge is 2.38. The molecule has 0 aliphatic carbocycles. The number of phenols is 1. The molecule has 1 aliphatic rings. The molecule has 0 saturated heterocycles. The van der Waals surface area contributed by atoms with Crippen LogP contribution in [0.2, 0.25) is 0 Å². The molecule has 0 unspecified atom stereocenters. The van der Waals surface area contributed by atoms with Crippen LogP contribution in [0.5, 0.6) is 5.75 Å². The topological polar surface area (TPSA) is 83.1 Å². The van der Waals surface area contributed by atoms with Crippen LogP contribution in [-0.4, -0.2) is 36.3 Å². The Balaban J connectivity index is 1.44. The number of aromatic nitrogens is 3. The smallest absolute Gasteiger partial charge is 0.433 e. The molecule has 11 heteroatoms. The predicted octanol–water partition coefficient (Wildman–Crippen LogP) is 7.37. The van der Waals surface area contributed by atoms with Crippen molar-refractivity contribution in [3.63, 3.8) is 0 Å². The summed E-state index contributed by atoms with van der Waals surface area (Å²) in [7, 11) is 0. The van der Waals surface area contributed by atoms with Crippen LogP contribution < -0.4 is 0 Å². The first-order valence-corrected chi connectivity index (χ1v) is 13.5. The second kappa shape index (κ2) is 10.6. The Kier molecular flexibility index (Phi) is 6.95. The first kappa shape index (κ1) is 28.1. The monoisotopic (exact) mass is 587 g/mol. The molecule has 3 heterocycles. The fourth-order valence-electron chi connectivity index (χ4n) is 5.11. The standard InChI is InChI=1S/C32H25F4N5O2/c1-18(2)19-7-9-20(10-8-19)24-16-29(32(34,35)36)41-30(37-24)17-26(39-41)31(43)40-27(23-5-3-4-6-28(23)42)15-25(38-40)21-11-13-22(33)14-12-21/h3-14,16-18,27,42H,15H2,1-2H3/t27-/m0/s1. The fraction of sp³-hybridized carbons (Fsp3) is 0.188. The molecule has 1 aliphatic heterocycles. The maximum Gasteiger partial charge on any atom is 0.433 e. The van der Waals surface area contributed by atoms with Crippen molar-refractivity contribution < 1.29 is 27.5 Å². The first-order chi connectivity index (χ1) is 20.5. The number of carbonyl (C=O) groups is 1. The number of alkyl halides is 3. The van der Waals surface area contributed by atoms with Gasteiger partial charge >= 0.3 is 6.18 Å². The molecule has 1 amide bonds. The largest absolute Gasteiger partial charge is 0.508 e. The molecule has 218 valence electrons. The van der Waals surface area contributed by atoms with Crippen LogP contribution in [0.3, 0.4) is 0 Å². The van der Waals surface area contributed by atoms with Crippen molar-refractivity contribution in [2.24, 2.45) is 5.10 Å². The molecule has 5 aromatic rings. The van der Waals surface area contributed by atoms with Crippen molar-refractivity contribution in [2.45, 2.75) is 38.4 Å². The molecule has 6 rings (SSSR count). The van der Waals surface area contributed by atoms with Crippen LogP contribution in [0.25, 0.3) is 16.9 Å². The second-order valence-electron chi connectivity index (χ2n) is 10.6. The number of halogens is 4. The number of phenolic OH excluding ortho intramolecular Hbond substituents is 1. The van der Waals surface area contributed by atoms with Crippen molar-refractivity contribution >= 4 is 17.3 Å². The van der Waals surface area contributed by atoms with Gasteiger partial charge in [-0.3, -0.25) is 4.79 Å². The van der Waals surface area contributed by atoms with E-state index in [9.17, 15) is 27.5 Å². The summed E-state index contributed by atoms with van der Waals surface area (Å²) in [5.41, 5.74) is 1.42. The molecule has 2 aromatic heterocycles. The summed E-state index contributed by atoms with van der Waals surface area (Å²) in [6.07, 6.45) is -4.62. The number of fused-ring (bicyclic) bond motifs is 1. The molecular formula is C32H25F4N5O2. The Hall–Kier alpha value is -5.06. The van der Waals surface area contributed by atoms with Crippen molar-refractivity contribution in [3.8, 4) is 17.0 Å². The lowest BCUT2D eigenvalue weighted by Gasteiger charge is -2.21. The number of aromatic hydroxyl groups is 1. The van der Waals surface area contributed by atoms with Crippen molar-refractivity contribution in [1.82, 2.24) is 19.6 Å².